The van der Waals surface area contributed by atoms with Crippen LogP contribution in [0.1, 0.15) is 36.1 Å². The van der Waals surface area contributed by atoms with Crippen LogP contribution in [0.2, 0.25) is 0 Å². The van der Waals surface area contributed by atoms with Gasteiger partial charge in [0.25, 0.3) is 0 Å². The first-order valence-electron chi connectivity index (χ1n) is 11.2. The van der Waals surface area contributed by atoms with Gasteiger partial charge in [-0.2, -0.15) is 0 Å². The van der Waals surface area contributed by atoms with E-state index in [0.29, 0.717) is 24.1 Å². The molecule has 1 aromatic heterocycles. The Morgan fingerprint density at radius 3 is 2.43 bits per heavy atom. The van der Waals surface area contributed by atoms with Crippen molar-refractivity contribution in [3.8, 4) is 10.4 Å². The fraction of sp³-hybridized carbons (Fsp3) is 0.231. The van der Waals surface area contributed by atoms with Crippen molar-refractivity contribution >= 4 is 44.8 Å². The van der Waals surface area contributed by atoms with Gasteiger partial charge in [-0.3, -0.25) is 14.8 Å². The number of hydrogen-bond acceptors (Lipinski definition) is 6. The Kier molecular flexibility index (Phi) is 7.49. The second kappa shape index (κ2) is 10.6. The summed E-state index contributed by atoms with van der Waals surface area (Å²) in [5, 5.41) is 11.8. The number of amides is 2. The molecule has 7 nitrogen and oxygen atoms in total. The minimum Gasteiger partial charge on any atom is -0.323 e. The third-order valence-corrected chi connectivity index (χ3v) is 10.2. The summed E-state index contributed by atoms with van der Waals surface area (Å²) in [6.45, 7) is 0. The second-order valence-electron chi connectivity index (χ2n) is 8.46. The summed E-state index contributed by atoms with van der Waals surface area (Å²) < 4.78 is 24.9. The smallest absolute Gasteiger partial charge is 0.248 e. The van der Waals surface area contributed by atoms with E-state index in [1.807, 2.05) is 60.7 Å². The Hall–Kier alpha value is -3.27. The molecule has 1 aliphatic rings. The molecule has 4 rings (SSSR count). The normalized spacial score (nSPS) is 19.3. The molecule has 0 unspecified atom stereocenters. The highest BCUT2D eigenvalue weighted by molar-refractivity contribution is 7.92. The summed E-state index contributed by atoms with van der Waals surface area (Å²) >= 11 is 1.35. The molecule has 3 aromatic rings. The number of rotatable bonds is 7. The highest BCUT2D eigenvalue weighted by atomic mass is 32.2. The molecule has 0 aliphatic carbocycles. The Morgan fingerprint density at radius 1 is 1.00 bits per heavy atom. The van der Waals surface area contributed by atoms with Gasteiger partial charge in [0.1, 0.15) is 4.75 Å². The summed E-state index contributed by atoms with van der Waals surface area (Å²) in [6.07, 6.45) is 4.50. The molecule has 0 radical (unpaired) electrons. The number of carbonyl (C=O) groups excluding carboxylic acids is 2. The standard InChI is InChI=1S/C26H26N2O5S2/c29-24(27-21-6-2-1-3-7-21)15-10-19-8-11-20(12-9-19)22-13-14-23(34-22)26(18-25(30)28-31)16-4-5-17-35(26,32)33/h1-3,6-15,31H,4-5,16-18H2,(H,27,29)(H,28,30)/t26-/m0/s1. The van der Waals surface area contributed by atoms with Crippen LogP contribution < -0.4 is 10.8 Å². The van der Waals surface area contributed by atoms with Crippen LogP contribution in [0.3, 0.4) is 0 Å². The SMILES string of the molecule is O=C(C=Cc1ccc(-c2ccc([C@@]3(CC(=O)NO)CCCCS3(=O)=O)s2)cc1)Nc1ccccc1. The molecule has 2 heterocycles. The molecule has 2 amide bonds. The van der Waals surface area contributed by atoms with Gasteiger partial charge in [0, 0.05) is 21.5 Å². The van der Waals surface area contributed by atoms with E-state index in [4.69, 9.17) is 5.21 Å². The van der Waals surface area contributed by atoms with Crippen LogP contribution in [0, 0.1) is 0 Å². The molecule has 1 aliphatic heterocycles. The summed E-state index contributed by atoms with van der Waals surface area (Å²) in [6, 6.07) is 20.4. The number of benzene rings is 2. The monoisotopic (exact) mass is 510 g/mol. The summed E-state index contributed by atoms with van der Waals surface area (Å²) in [5.41, 5.74) is 4.06. The molecular weight excluding hydrogens is 484 g/mol. The van der Waals surface area contributed by atoms with Crippen molar-refractivity contribution in [3.05, 3.63) is 83.2 Å². The molecule has 182 valence electrons. The maximum absolute atomic E-state index is 13.1. The predicted octanol–water partition coefficient (Wildman–Crippen LogP) is 4.76. The molecular formula is C26H26N2O5S2. The van der Waals surface area contributed by atoms with Gasteiger partial charge in [0.05, 0.1) is 12.2 Å². The van der Waals surface area contributed by atoms with Crippen LogP contribution in [0.4, 0.5) is 5.69 Å². The van der Waals surface area contributed by atoms with E-state index in [2.05, 4.69) is 5.32 Å². The topological polar surface area (TPSA) is 113 Å². The first-order valence-corrected chi connectivity index (χ1v) is 13.7. The van der Waals surface area contributed by atoms with E-state index < -0.39 is 20.5 Å². The van der Waals surface area contributed by atoms with Gasteiger partial charge in [0.15, 0.2) is 9.84 Å². The molecule has 0 bridgehead atoms. The number of para-hydroxylation sites is 1. The lowest BCUT2D eigenvalue weighted by Gasteiger charge is -2.35. The summed E-state index contributed by atoms with van der Waals surface area (Å²) in [5.74, 6) is -0.912. The van der Waals surface area contributed by atoms with E-state index in [1.54, 1.807) is 17.6 Å². The molecule has 1 atom stereocenters. The molecule has 1 fully saturated rings. The van der Waals surface area contributed by atoms with Gasteiger partial charge in [-0.15, -0.1) is 11.3 Å². The molecule has 0 saturated carbocycles. The first kappa shape index (κ1) is 24.8. The number of thiophene rings is 1. The van der Waals surface area contributed by atoms with Gasteiger partial charge < -0.3 is 5.32 Å². The van der Waals surface area contributed by atoms with E-state index in [-0.39, 0.29) is 18.1 Å². The van der Waals surface area contributed by atoms with Crippen LogP contribution in [0.5, 0.6) is 0 Å². The van der Waals surface area contributed by atoms with Crippen LogP contribution in [-0.4, -0.2) is 31.2 Å². The van der Waals surface area contributed by atoms with E-state index in [0.717, 1.165) is 21.7 Å². The minimum atomic E-state index is -3.57. The summed E-state index contributed by atoms with van der Waals surface area (Å²) in [4.78, 5) is 25.6. The van der Waals surface area contributed by atoms with Crippen molar-refractivity contribution < 1.29 is 23.2 Å². The molecule has 2 aromatic carbocycles. The predicted molar refractivity (Wildman–Crippen MR) is 138 cm³/mol. The molecule has 9 heteroatoms. The van der Waals surface area contributed by atoms with Crippen molar-refractivity contribution in [2.45, 2.75) is 30.4 Å². The van der Waals surface area contributed by atoms with Crippen molar-refractivity contribution in [2.24, 2.45) is 0 Å². The Balaban J connectivity index is 1.52. The third kappa shape index (κ3) is 5.53. The number of anilines is 1. The van der Waals surface area contributed by atoms with Gasteiger partial charge >= 0.3 is 0 Å². The van der Waals surface area contributed by atoms with Crippen LogP contribution in [-0.2, 0) is 24.2 Å². The number of hydroxylamine groups is 1. The maximum atomic E-state index is 13.1. The highest BCUT2D eigenvalue weighted by Crippen LogP contribution is 2.47. The van der Waals surface area contributed by atoms with Crippen LogP contribution in [0.25, 0.3) is 16.5 Å². The molecule has 3 N–H and O–H groups in total. The number of carbonyl (C=O) groups is 2. The lowest BCUT2D eigenvalue weighted by Crippen LogP contribution is -2.43. The maximum Gasteiger partial charge on any atom is 0.248 e. The van der Waals surface area contributed by atoms with Crippen LogP contribution in [0.15, 0.2) is 72.8 Å². The van der Waals surface area contributed by atoms with Crippen molar-refractivity contribution in [1.29, 1.82) is 0 Å². The van der Waals surface area contributed by atoms with E-state index in [9.17, 15) is 18.0 Å². The fourth-order valence-electron chi connectivity index (χ4n) is 4.29. The zero-order valence-corrected chi connectivity index (χ0v) is 20.6. The highest BCUT2D eigenvalue weighted by Gasteiger charge is 2.49. The molecule has 0 spiro atoms. The van der Waals surface area contributed by atoms with Crippen molar-refractivity contribution in [3.63, 3.8) is 0 Å². The van der Waals surface area contributed by atoms with Crippen LogP contribution >= 0.6 is 11.3 Å². The van der Waals surface area contributed by atoms with E-state index >= 15 is 0 Å². The molecule has 1 saturated heterocycles. The quantitative estimate of drug-likeness (QED) is 0.241. The van der Waals surface area contributed by atoms with E-state index in [1.165, 1.54) is 17.4 Å². The lowest BCUT2D eigenvalue weighted by molar-refractivity contribution is -0.130. The van der Waals surface area contributed by atoms with Gasteiger partial charge in [0.2, 0.25) is 11.8 Å². The van der Waals surface area contributed by atoms with Crippen molar-refractivity contribution in [2.75, 3.05) is 11.1 Å². The first-order chi connectivity index (χ1) is 16.8. The number of sulfone groups is 1. The number of hydrogen-bond donors (Lipinski definition) is 3. The minimum absolute atomic E-state index is 0.0256. The Bertz CT molecular complexity index is 1330. The third-order valence-electron chi connectivity index (χ3n) is 6.13. The second-order valence-corrected chi connectivity index (χ2v) is 12.0. The van der Waals surface area contributed by atoms with Gasteiger partial charge in [-0.05, 0) is 54.3 Å². The van der Waals surface area contributed by atoms with Crippen molar-refractivity contribution in [1.82, 2.24) is 5.48 Å². The largest absolute Gasteiger partial charge is 0.323 e. The Morgan fingerprint density at radius 2 is 1.74 bits per heavy atom. The number of nitrogens with one attached hydrogen (secondary N) is 2. The Labute approximate surface area is 208 Å². The zero-order chi connectivity index (χ0) is 24.9. The fourth-order valence-corrected chi connectivity index (χ4v) is 8.07. The van der Waals surface area contributed by atoms with Gasteiger partial charge in [-0.1, -0.05) is 48.9 Å². The zero-order valence-electron chi connectivity index (χ0n) is 18.9. The molecule has 35 heavy (non-hydrogen) atoms. The van der Waals surface area contributed by atoms with Gasteiger partial charge in [-0.25, -0.2) is 13.9 Å². The lowest BCUT2D eigenvalue weighted by atomic mass is 9.94. The summed E-state index contributed by atoms with van der Waals surface area (Å²) in [7, 11) is -3.57. The average Bonchev–Trinajstić information content (AvgIpc) is 3.36. The average molecular weight is 511 g/mol.